The molecule has 0 aliphatic rings. The van der Waals surface area contributed by atoms with E-state index < -0.39 is 10.0 Å². The van der Waals surface area contributed by atoms with Crippen molar-refractivity contribution in [2.75, 3.05) is 13.2 Å². The topological polar surface area (TPSA) is 81.4 Å². The number of nitrogens with one attached hydrogen (secondary N) is 1. The molecule has 0 heterocycles. The number of nitrogens with two attached hydrogens (primary N) is 1. The van der Waals surface area contributed by atoms with Crippen molar-refractivity contribution in [2.45, 2.75) is 65.0 Å². The Morgan fingerprint density at radius 3 is 2.03 bits per heavy atom. The van der Waals surface area contributed by atoms with Gasteiger partial charge in [0.1, 0.15) is 0 Å². The largest absolute Gasteiger partial charge is 0.375 e. The normalized spacial score (nSPS) is 12.9. The molecular weight excluding hydrogens is 384 g/mol. The van der Waals surface area contributed by atoms with Gasteiger partial charge in [0.05, 0.1) is 18.1 Å². The third-order valence-corrected chi connectivity index (χ3v) is 7.50. The summed E-state index contributed by atoms with van der Waals surface area (Å²) in [7, 11) is -3.68. The summed E-state index contributed by atoms with van der Waals surface area (Å²) in [6.45, 7) is 11.0. The number of sulfonamides is 1. The molecule has 3 N–H and O–H groups in total. The van der Waals surface area contributed by atoms with E-state index in [4.69, 9.17) is 10.5 Å². The van der Waals surface area contributed by atoms with Crippen molar-refractivity contribution in [3.63, 3.8) is 0 Å². The molecule has 5 nitrogen and oxygen atoms in total. The van der Waals surface area contributed by atoms with Gasteiger partial charge >= 0.3 is 0 Å². The standard InChI is InChI=1S/C23H34N2O3S/c1-16-17(2)19(4)23(20(5)18(16)3)29(26,27)25-22(12-9-13-24)15-28-14-21-10-7-6-8-11-21/h6-8,10-11,22,25H,9,12-15,24H2,1-5H3/t22-/m0/s1. The second-order valence-corrected chi connectivity index (χ2v) is 9.35. The molecule has 2 aromatic rings. The van der Waals surface area contributed by atoms with Crippen molar-refractivity contribution in [3.05, 3.63) is 63.7 Å². The zero-order valence-electron chi connectivity index (χ0n) is 18.2. The van der Waals surface area contributed by atoms with Crippen molar-refractivity contribution >= 4 is 10.0 Å². The minimum atomic E-state index is -3.68. The second-order valence-electron chi connectivity index (χ2n) is 7.70. The Kier molecular flexibility index (Phi) is 8.40. The number of hydrogen-bond donors (Lipinski definition) is 2. The molecule has 0 unspecified atom stereocenters. The molecule has 6 heteroatoms. The number of benzene rings is 2. The van der Waals surface area contributed by atoms with Crippen LogP contribution in [0.1, 0.15) is 46.2 Å². The van der Waals surface area contributed by atoms with Crippen molar-refractivity contribution in [1.29, 1.82) is 0 Å². The first-order chi connectivity index (χ1) is 13.7. The van der Waals surface area contributed by atoms with Crippen LogP contribution in [0.2, 0.25) is 0 Å². The molecule has 0 radical (unpaired) electrons. The van der Waals surface area contributed by atoms with Gasteiger partial charge in [0.2, 0.25) is 10.0 Å². The molecule has 160 valence electrons. The van der Waals surface area contributed by atoms with Gasteiger partial charge in [-0.25, -0.2) is 13.1 Å². The van der Waals surface area contributed by atoms with Gasteiger partial charge in [0.15, 0.2) is 0 Å². The lowest BCUT2D eigenvalue weighted by Crippen LogP contribution is -2.39. The van der Waals surface area contributed by atoms with Gasteiger partial charge in [-0.05, 0) is 87.4 Å². The average molecular weight is 419 g/mol. The Labute approximate surface area is 175 Å². The van der Waals surface area contributed by atoms with Crippen LogP contribution in [0.3, 0.4) is 0 Å². The number of hydrogen-bond acceptors (Lipinski definition) is 4. The summed E-state index contributed by atoms with van der Waals surface area (Å²) in [6, 6.07) is 9.53. The second kappa shape index (κ2) is 10.3. The van der Waals surface area contributed by atoms with E-state index in [1.165, 1.54) is 0 Å². The fourth-order valence-electron chi connectivity index (χ4n) is 3.58. The maximum Gasteiger partial charge on any atom is 0.241 e. The van der Waals surface area contributed by atoms with Crippen LogP contribution in [0.15, 0.2) is 35.2 Å². The monoisotopic (exact) mass is 418 g/mol. The minimum absolute atomic E-state index is 0.302. The summed E-state index contributed by atoms with van der Waals surface area (Å²) < 4.78 is 35.3. The highest BCUT2D eigenvalue weighted by molar-refractivity contribution is 7.89. The van der Waals surface area contributed by atoms with Crippen molar-refractivity contribution in [1.82, 2.24) is 4.72 Å². The first-order valence-electron chi connectivity index (χ1n) is 10.1. The quantitative estimate of drug-likeness (QED) is 0.614. The summed E-state index contributed by atoms with van der Waals surface area (Å²) in [4.78, 5) is 0.388. The molecule has 0 aliphatic heterocycles. The van der Waals surface area contributed by atoms with Crippen LogP contribution >= 0.6 is 0 Å². The van der Waals surface area contributed by atoms with Gasteiger partial charge in [-0.2, -0.15) is 0 Å². The molecule has 0 aromatic heterocycles. The van der Waals surface area contributed by atoms with Gasteiger partial charge in [0.25, 0.3) is 0 Å². The molecule has 0 amide bonds. The van der Waals surface area contributed by atoms with Gasteiger partial charge in [-0.1, -0.05) is 30.3 Å². The fraction of sp³-hybridized carbons (Fsp3) is 0.478. The van der Waals surface area contributed by atoms with E-state index >= 15 is 0 Å². The zero-order chi connectivity index (χ0) is 21.6. The minimum Gasteiger partial charge on any atom is -0.375 e. The molecule has 29 heavy (non-hydrogen) atoms. The van der Waals surface area contributed by atoms with E-state index in [0.29, 0.717) is 31.1 Å². The highest BCUT2D eigenvalue weighted by Gasteiger charge is 2.26. The SMILES string of the molecule is Cc1c(C)c(C)c(S(=O)(=O)N[C@@H](CCCN)COCc2ccccc2)c(C)c1C. The van der Waals surface area contributed by atoms with E-state index in [2.05, 4.69) is 4.72 Å². The first-order valence-corrected chi connectivity index (χ1v) is 11.6. The van der Waals surface area contributed by atoms with Crippen LogP contribution in [0, 0.1) is 34.6 Å². The molecular formula is C23H34N2O3S. The molecule has 0 saturated heterocycles. The third-order valence-electron chi connectivity index (χ3n) is 5.71. The van der Waals surface area contributed by atoms with E-state index in [1.54, 1.807) is 0 Å². The maximum absolute atomic E-state index is 13.3. The van der Waals surface area contributed by atoms with E-state index in [9.17, 15) is 8.42 Å². The predicted molar refractivity (Wildman–Crippen MR) is 119 cm³/mol. The third kappa shape index (κ3) is 5.89. The van der Waals surface area contributed by atoms with Crippen molar-refractivity contribution < 1.29 is 13.2 Å². The van der Waals surface area contributed by atoms with Gasteiger partial charge in [-0.3, -0.25) is 0 Å². The Morgan fingerprint density at radius 2 is 1.48 bits per heavy atom. The fourth-order valence-corrected chi connectivity index (χ4v) is 5.44. The summed E-state index contributed by atoms with van der Waals surface area (Å²) in [5.41, 5.74) is 11.5. The molecule has 0 aliphatic carbocycles. The van der Waals surface area contributed by atoms with Crippen LogP contribution in [0.25, 0.3) is 0 Å². The van der Waals surface area contributed by atoms with Crippen molar-refractivity contribution in [2.24, 2.45) is 5.73 Å². The highest BCUT2D eigenvalue weighted by Crippen LogP contribution is 2.29. The van der Waals surface area contributed by atoms with Gasteiger partial charge < -0.3 is 10.5 Å². The Bertz CT molecular complexity index is 896. The average Bonchev–Trinajstić information content (AvgIpc) is 2.69. The highest BCUT2D eigenvalue weighted by atomic mass is 32.2. The molecule has 0 saturated carbocycles. The first kappa shape index (κ1) is 23.5. The predicted octanol–water partition coefficient (Wildman–Crippen LogP) is 3.83. The van der Waals surface area contributed by atoms with E-state index in [1.807, 2.05) is 65.0 Å². The van der Waals surface area contributed by atoms with Gasteiger partial charge in [0, 0.05) is 6.04 Å². The smallest absolute Gasteiger partial charge is 0.241 e. The molecule has 0 bridgehead atoms. The van der Waals surface area contributed by atoms with Crippen LogP contribution in [0.5, 0.6) is 0 Å². The van der Waals surface area contributed by atoms with Crippen LogP contribution < -0.4 is 10.5 Å². The lowest BCUT2D eigenvalue weighted by Gasteiger charge is -2.23. The number of rotatable bonds is 10. The van der Waals surface area contributed by atoms with Crippen molar-refractivity contribution in [3.8, 4) is 0 Å². The molecule has 0 spiro atoms. The number of ether oxygens (including phenoxy) is 1. The Morgan fingerprint density at radius 1 is 0.931 bits per heavy atom. The molecule has 1 atom stereocenters. The van der Waals surface area contributed by atoms with Crippen LogP contribution in [-0.4, -0.2) is 27.6 Å². The molecule has 2 aromatic carbocycles. The molecule has 2 rings (SSSR count). The lowest BCUT2D eigenvalue weighted by molar-refractivity contribution is 0.102. The lowest BCUT2D eigenvalue weighted by atomic mass is 9.95. The summed E-state index contributed by atoms with van der Waals surface area (Å²) in [5, 5.41) is 0. The summed E-state index contributed by atoms with van der Waals surface area (Å²) in [5.74, 6) is 0. The Hall–Kier alpha value is -1.73. The summed E-state index contributed by atoms with van der Waals surface area (Å²) >= 11 is 0. The van der Waals surface area contributed by atoms with Gasteiger partial charge in [-0.15, -0.1) is 0 Å². The van der Waals surface area contributed by atoms with Crippen LogP contribution in [0.4, 0.5) is 0 Å². The Balaban J connectivity index is 2.21. The molecule has 0 fully saturated rings. The van der Waals surface area contributed by atoms with E-state index in [0.717, 1.165) is 39.8 Å². The maximum atomic E-state index is 13.3. The zero-order valence-corrected chi connectivity index (χ0v) is 19.0. The van der Waals surface area contributed by atoms with Crippen LogP contribution in [-0.2, 0) is 21.4 Å². The summed E-state index contributed by atoms with van der Waals surface area (Å²) in [6.07, 6.45) is 1.36. The van der Waals surface area contributed by atoms with E-state index in [-0.39, 0.29) is 6.04 Å².